The number of rotatable bonds is 8. The minimum Gasteiger partial charge on any atom is -0.497 e. The third kappa shape index (κ3) is 6.87. The van der Waals surface area contributed by atoms with Crippen LogP contribution in [0.4, 0.5) is 0 Å². The number of methoxy groups -OCH3 is 1. The van der Waals surface area contributed by atoms with Crippen LogP contribution in [0.3, 0.4) is 0 Å². The van der Waals surface area contributed by atoms with Gasteiger partial charge in [0.05, 0.1) is 19.4 Å². The Morgan fingerprint density at radius 2 is 2.04 bits per heavy atom. The van der Waals surface area contributed by atoms with Crippen LogP contribution >= 0.6 is 24.0 Å². The molecule has 0 saturated carbocycles. The maximum Gasteiger partial charge on any atom is 0.191 e. The Morgan fingerprint density at radius 1 is 1.23 bits per heavy atom. The van der Waals surface area contributed by atoms with Crippen molar-refractivity contribution >= 4 is 29.9 Å². The number of halogens is 1. The second-order valence-electron chi connectivity index (χ2n) is 5.97. The number of aliphatic imine (C=N–C) groups is 1. The van der Waals surface area contributed by atoms with Crippen LogP contribution < -0.4 is 15.4 Å². The lowest BCUT2D eigenvalue weighted by molar-refractivity contribution is 0.297. The molecule has 0 spiro atoms. The van der Waals surface area contributed by atoms with Crippen molar-refractivity contribution in [1.82, 2.24) is 15.5 Å². The van der Waals surface area contributed by atoms with Gasteiger partial charge in [-0.2, -0.15) is 0 Å². The van der Waals surface area contributed by atoms with Gasteiger partial charge in [0.25, 0.3) is 0 Å². The Bertz CT molecular complexity index is 659. The van der Waals surface area contributed by atoms with E-state index in [0.29, 0.717) is 0 Å². The van der Waals surface area contributed by atoms with Gasteiger partial charge in [0, 0.05) is 26.6 Å². The number of nitrogens with one attached hydrogen (secondary N) is 2. The van der Waals surface area contributed by atoms with Gasteiger partial charge in [-0.1, -0.05) is 12.1 Å². The van der Waals surface area contributed by atoms with Gasteiger partial charge < -0.3 is 24.7 Å². The number of guanidine groups is 1. The highest BCUT2D eigenvalue weighted by Crippen LogP contribution is 2.22. The van der Waals surface area contributed by atoms with Gasteiger partial charge in [-0.3, -0.25) is 4.99 Å². The number of hydrogen-bond acceptors (Lipinski definition) is 4. The predicted octanol–water partition coefficient (Wildman–Crippen LogP) is 2.92. The fraction of sp³-hybridized carbons (Fsp3) is 0.421. The Hall–Kier alpha value is -1.74. The van der Waals surface area contributed by atoms with Gasteiger partial charge in [0.1, 0.15) is 11.5 Å². The van der Waals surface area contributed by atoms with Crippen molar-refractivity contribution < 1.29 is 9.15 Å². The second kappa shape index (κ2) is 11.8. The van der Waals surface area contributed by atoms with E-state index in [0.717, 1.165) is 37.0 Å². The van der Waals surface area contributed by atoms with E-state index in [1.807, 2.05) is 24.3 Å². The van der Waals surface area contributed by atoms with E-state index >= 15 is 0 Å². The first-order chi connectivity index (χ1) is 12.1. The van der Waals surface area contributed by atoms with Gasteiger partial charge in [-0.25, -0.2) is 0 Å². The molecule has 0 radical (unpaired) electrons. The molecule has 2 N–H and O–H groups in total. The first-order valence-electron chi connectivity index (χ1n) is 8.41. The summed E-state index contributed by atoms with van der Waals surface area (Å²) in [6.07, 6.45) is 2.51. The summed E-state index contributed by atoms with van der Waals surface area (Å²) in [5.41, 5.74) is 1.20. The lowest BCUT2D eigenvalue weighted by atomic mass is 10.1. The minimum atomic E-state index is 0. The maximum absolute atomic E-state index is 5.34. The van der Waals surface area contributed by atoms with Crippen molar-refractivity contribution in [3.63, 3.8) is 0 Å². The molecule has 0 amide bonds. The molecule has 1 unspecified atom stereocenters. The van der Waals surface area contributed by atoms with Crippen LogP contribution in [0.5, 0.6) is 5.75 Å². The molecule has 7 heteroatoms. The van der Waals surface area contributed by atoms with Crippen LogP contribution in [0.25, 0.3) is 0 Å². The summed E-state index contributed by atoms with van der Waals surface area (Å²) in [6, 6.07) is 12.2. The summed E-state index contributed by atoms with van der Waals surface area (Å²) in [6.45, 7) is 1.50. The Morgan fingerprint density at radius 3 is 2.65 bits per heavy atom. The van der Waals surface area contributed by atoms with Crippen molar-refractivity contribution in [2.75, 3.05) is 41.3 Å². The smallest absolute Gasteiger partial charge is 0.191 e. The Labute approximate surface area is 173 Å². The average Bonchev–Trinajstić information content (AvgIpc) is 3.13. The third-order valence-corrected chi connectivity index (χ3v) is 4.03. The molecular formula is C19H29IN4O2. The molecule has 0 bridgehead atoms. The molecule has 0 saturated heterocycles. The standard InChI is InChI=1S/C19H28N4O2.HI/c1-20-19(21-11-10-16-9-6-12-25-16)22-14-18(23(2)3)15-7-5-8-17(13-15)24-4;/h5-9,12-13,18H,10-11,14H2,1-4H3,(H2,20,21,22);1H. The summed E-state index contributed by atoms with van der Waals surface area (Å²) >= 11 is 0. The summed E-state index contributed by atoms with van der Waals surface area (Å²) in [7, 11) is 7.60. The average molecular weight is 472 g/mol. The lowest BCUT2D eigenvalue weighted by Gasteiger charge is -2.26. The Kier molecular flexibility index (Phi) is 10.1. The van der Waals surface area contributed by atoms with Crippen LogP contribution in [-0.2, 0) is 6.42 Å². The molecule has 1 heterocycles. The van der Waals surface area contributed by atoms with Crippen LogP contribution in [0.2, 0.25) is 0 Å². The van der Waals surface area contributed by atoms with Crippen LogP contribution in [0.15, 0.2) is 52.1 Å². The molecule has 26 heavy (non-hydrogen) atoms. The summed E-state index contributed by atoms with van der Waals surface area (Å²) in [5, 5.41) is 6.70. The monoisotopic (exact) mass is 472 g/mol. The minimum absolute atomic E-state index is 0. The number of nitrogens with zero attached hydrogens (tertiary/aromatic N) is 2. The zero-order valence-electron chi connectivity index (χ0n) is 15.9. The highest BCUT2D eigenvalue weighted by Gasteiger charge is 2.15. The topological polar surface area (TPSA) is 62.0 Å². The Balaban J connectivity index is 0.00000338. The highest BCUT2D eigenvalue weighted by molar-refractivity contribution is 14.0. The fourth-order valence-corrected chi connectivity index (χ4v) is 2.62. The molecule has 2 aromatic rings. The highest BCUT2D eigenvalue weighted by atomic mass is 127. The van der Waals surface area contributed by atoms with E-state index in [1.165, 1.54) is 5.56 Å². The van der Waals surface area contributed by atoms with Gasteiger partial charge >= 0.3 is 0 Å². The molecule has 0 aliphatic rings. The van der Waals surface area contributed by atoms with Gasteiger partial charge in [-0.05, 0) is 43.9 Å². The molecule has 0 fully saturated rings. The zero-order chi connectivity index (χ0) is 18.1. The zero-order valence-corrected chi connectivity index (χ0v) is 18.2. The molecule has 6 nitrogen and oxygen atoms in total. The molecule has 0 aliphatic carbocycles. The van der Waals surface area contributed by atoms with Crippen molar-refractivity contribution in [3.8, 4) is 5.75 Å². The fourth-order valence-electron chi connectivity index (χ4n) is 2.62. The molecule has 1 aromatic heterocycles. The third-order valence-electron chi connectivity index (χ3n) is 4.03. The molecule has 2 rings (SSSR count). The van der Waals surface area contributed by atoms with Crippen LogP contribution in [0.1, 0.15) is 17.4 Å². The van der Waals surface area contributed by atoms with Crippen molar-refractivity contribution in [1.29, 1.82) is 0 Å². The molecule has 144 valence electrons. The van der Waals surface area contributed by atoms with Gasteiger partial charge in [0.2, 0.25) is 0 Å². The number of ether oxygens (including phenoxy) is 1. The molecule has 1 aromatic carbocycles. The second-order valence-corrected chi connectivity index (χ2v) is 5.97. The van der Waals surface area contributed by atoms with E-state index in [-0.39, 0.29) is 30.0 Å². The molecule has 1 atom stereocenters. The maximum atomic E-state index is 5.34. The number of furan rings is 1. The van der Waals surface area contributed by atoms with E-state index in [4.69, 9.17) is 9.15 Å². The van der Waals surface area contributed by atoms with E-state index < -0.39 is 0 Å². The quantitative estimate of drug-likeness (QED) is 0.352. The summed E-state index contributed by atoms with van der Waals surface area (Å²) < 4.78 is 10.7. The van der Waals surface area contributed by atoms with E-state index in [9.17, 15) is 0 Å². The van der Waals surface area contributed by atoms with Crippen molar-refractivity contribution in [2.45, 2.75) is 12.5 Å². The SMILES string of the molecule is CN=C(NCCc1ccco1)NCC(c1cccc(OC)c1)N(C)C.I. The summed E-state index contributed by atoms with van der Waals surface area (Å²) in [4.78, 5) is 6.46. The molecular weight excluding hydrogens is 443 g/mol. The predicted molar refractivity (Wildman–Crippen MR) is 117 cm³/mol. The normalized spacial score (nSPS) is 12.4. The van der Waals surface area contributed by atoms with Gasteiger partial charge in [-0.15, -0.1) is 24.0 Å². The lowest BCUT2D eigenvalue weighted by Crippen LogP contribution is -2.42. The first-order valence-corrected chi connectivity index (χ1v) is 8.41. The van der Waals surface area contributed by atoms with E-state index in [2.05, 4.69) is 46.8 Å². The van der Waals surface area contributed by atoms with Crippen LogP contribution in [0, 0.1) is 0 Å². The van der Waals surface area contributed by atoms with Gasteiger partial charge in [0.15, 0.2) is 5.96 Å². The number of benzene rings is 1. The first kappa shape index (κ1) is 22.3. The summed E-state index contributed by atoms with van der Waals surface area (Å²) in [5.74, 6) is 2.61. The van der Waals surface area contributed by atoms with Crippen molar-refractivity contribution in [2.24, 2.45) is 4.99 Å². The van der Waals surface area contributed by atoms with Crippen molar-refractivity contribution in [3.05, 3.63) is 54.0 Å². The van der Waals surface area contributed by atoms with Crippen LogP contribution in [-0.4, -0.2) is 52.2 Å². The van der Waals surface area contributed by atoms with E-state index in [1.54, 1.807) is 20.4 Å². The number of hydrogen-bond donors (Lipinski definition) is 2. The molecule has 0 aliphatic heterocycles. The largest absolute Gasteiger partial charge is 0.497 e. The number of likely N-dealkylation sites (N-methyl/N-ethyl adjacent to an activating group) is 1.